The first-order valence-electron chi connectivity index (χ1n) is 9.84. The number of ketones is 1. The molecule has 6 rings (SSSR count). The minimum atomic E-state index is -0.446. The van der Waals surface area contributed by atoms with Gasteiger partial charge in [0.25, 0.3) is 11.7 Å². The fourth-order valence-corrected chi connectivity index (χ4v) is 4.64. The van der Waals surface area contributed by atoms with Crippen molar-refractivity contribution in [2.24, 2.45) is 11.8 Å². The minimum Gasteiger partial charge on any atom is -0.346 e. The molecule has 3 saturated heterocycles. The summed E-state index contributed by atoms with van der Waals surface area (Å²) >= 11 is 0. The lowest BCUT2D eigenvalue weighted by Gasteiger charge is -2.44. The fraction of sp³-hybridized carbons (Fsp3) is 0.524. The van der Waals surface area contributed by atoms with Crippen LogP contribution in [0.25, 0.3) is 10.9 Å². The van der Waals surface area contributed by atoms with Crippen LogP contribution in [-0.2, 0) is 11.3 Å². The lowest BCUT2D eigenvalue weighted by Crippen LogP contribution is -2.58. The van der Waals surface area contributed by atoms with Crippen LogP contribution < -0.4 is 5.32 Å². The molecule has 27 heavy (non-hydrogen) atoms. The highest BCUT2D eigenvalue weighted by Crippen LogP contribution is 2.33. The second kappa shape index (κ2) is 7.28. The van der Waals surface area contributed by atoms with Gasteiger partial charge in [0.15, 0.2) is 0 Å². The molecule has 1 aliphatic carbocycles. The van der Waals surface area contributed by atoms with Gasteiger partial charge < -0.3 is 14.8 Å². The van der Waals surface area contributed by atoms with E-state index in [0.29, 0.717) is 11.5 Å². The number of carbonyl (C=O) groups excluding carboxylic acids is 2. The first-order valence-corrected chi connectivity index (χ1v) is 9.84. The predicted octanol–water partition coefficient (Wildman–Crippen LogP) is 2.87. The average molecular weight is 388 g/mol. The second-order valence-corrected chi connectivity index (χ2v) is 8.20. The molecule has 0 spiro atoms. The van der Waals surface area contributed by atoms with Crippen LogP contribution >= 0.6 is 12.4 Å². The first-order chi connectivity index (χ1) is 12.7. The molecular formula is C21H26ClN3O2. The molecule has 1 atom stereocenters. The van der Waals surface area contributed by atoms with Crippen molar-refractivity contribution in [2.45, 2.75) is 38.3 Å². The molecule has 0 radical (unpaired) electrons. The molecule has 5 nitrogen and oxygen atoms in total. The molecule has 1 saturated carbocycles. The Kier molecular flexibility index (Phi) is 4.99. The molecule has 0 unspecified atom stereocenters. The summed E-state index contributed by atoms with van der Waals surface area (Å²) in [6, 6.07) is 8.04. The van der Waals surface area contributed by atoms with Crippen LogP contribution in [0.3, 0.4) is 0 Å². The summed E-state index contributed by atoms with van der Waals surface area (Å²) in [5.74, 6) is 0.396. The van der Waals surface area contributed by atoms with Crippen LogP contribution in [0.5, 0.6) is 0 Å². The van der Waals surface area contributed by atoms with Crippen LogP contribution in [0.1, 0.15) is 36.0 Å². The van der Waals surface area contributed by atoms with Crippen LogP contribution in [0, 0.1) is 11.8 Å². The molecule has 2 bridgehead atoms. The number of rotatable bonds is 5. The van der Waals surface area contributed by atoms with Crippen molar-refractivity contribution in [2.75, 3.05) is 19.6 Å². The number of halogens is 1. The molecule has 1 amide bonds. The SMILES string of the molecule is Cl.O=C(N[C@@H]1CN2CCC1CC2)C(=O)c1cn(CC2CC2)c2ccccc12. The van der Waals surface area contributed by atoms with Crippen molar-refractivity contribution in [3.05, 3.63) is 36.0 Å². The van der Waals surface area contributed by atoms with Gasteiger partial charge in [-0.3, -0.25) is 9.59 Å². The Morgan fingerprint density at radius 2 is 1.81 bits per heavy atom. The van der Waals surface area contributed by atoms with E-state index >= 15 is 0 Å². The third-order valence-electron chi connectivity index (χ3n) is 6.36. The Hall–Kier alpha value is -1.85. The molecule has 4 heterocycles. The Morgan fingerprint density at radius 3 is 2.48 bits per heavy atom. The van der Waals surface area contributed by atoms with Gasteiger partial charge in [0, 0.05) is 36.2 Å². The zero-order chi connectivity index (χ0) is 17.7. The van der Waals surface area contributed by atoms with Crippen molar-refractivity contribution in [1.29, 1.82) is 0 Å². The Bertz CT molecular complexity index is 865. The topological polar surface area (TPSA) is 54.3 Å². The molecule has 6 heteroatoms. The number of hydrogen-bond donors (Lipinski definition) is 1. The number of nitrogens with zero attached hydrogens (tertiary/aromatic N) is 2. The van der Waals surface area contributed by atoms with Crippen LogP contribution in [0.15, 0.2) is 30.5 Å². The van der Waals surface area contributed by atoms with Crippen molar-refractivity contribution < 1.29 is 9.59 Å². The van der Waals surface area contributed by atoms with E-state index in [-0.39, 0.29) is 18.4 Å². The van der Waals surface area contributed by atoms with Gasteiger partial charge in [-0.05, 0) is 56.7 Å². The number of benzene rings is 1. The van der Waals surface area contributed by atoms with Crippen molar-refractivity contribution in [1.82, 2.24) is 14.8 Å². The number of carbonyl (C=O) groups is 2. The zero-order valence-corrected chi connectivity index (χ0v) is 16.2. The summed E-state index contributed by atoms with van der Waals surface area (Å²) in [5.41, 5.74) is 1.60. The lowest BCUT2D eigenvalue weighted by atomic mass is 9.84. The molecule has 1 aromatic heterocycles. The molecule has 4 fully saturated rings. The van der Waals surface area contributed by atoms with Gasteiger partial charge in [-0.1, -0.05) is 18.2 Å². The van der Waals surface area contributed by atoms with E-state index in [2.05, 4.69) is 14.8 Å². The van der Waals surface area contributed by atoms with Crippen LogP contribution in [0.4, 0.5) is 0 Å². The molecule has 144 valence electrons. The van der Waals surface area contributed by atoms with E-state index in [9.17, 15) is 9.59 Å². The second-order valence-electron chi connectivity index (χ2n) is 8.20. The largest absolute Gasteiger partial charge is 0.346 e. The quantitative estimate of drug-likeness (QED) is 0.634. The summed E-state index contributed by atoms with van der Waals surface area (Å²) in [4.78, 5) is 28.0. The maximum absolute atomic E-state index is 12.9. The number of para-hydroxylation sites is 1. The van der Waals surface area contributed by atoms with Crippen molar-refractivity contribution in [3.8, 4) is 0 Å². The van der Waals surface area contributed by atoms with Gasteiger partial charge >= 0.3 is 0 Å². The average Bonchev–Trinajstić information content (AvgIpc) is 3.42. The maximum atomic E-state index is 12.9. The third kappa shape index (κ3) is 3.50. The predicted molar refractivity (Wildman–Crippen MR) is 107 cm³/mol. The highest BCUT2D eigenvalue weighted by Gasteiger charge is 2.36. The van der Waals surface area contributed by atoms with E-state index in [1.165, 1.54) is 12.8 Å². The number of Topliss-reactive ketones (excluding diaryl/α,β-unsaturated/α-hetero) is 1. The van der Waals surface area contributed by atoms with E-state index in [0.717, 1.165) is 55.8 Å². The number of nitrogens with one attached hydrogen (secondary N) is 1. The van der Waals surface area contributed by atoms with Gasteiger partial charge in [0.2, 0.25) is 0 Å². The van der Waals surface area contributed by atoms with Gasteiger partial charge in [0.1, 0.15) is 0 Å². The fourth-order valence-electron chi connectivity index (χ4n) is 4.64. The lowest BCUT2D eigenvalue weighted by molar-refractivity contribution is -0.119. The normalized spacial score (nSPS) is 26.6. The summed E-state index contributed by atoms with van der Waals surface area (Å²) in [5, 5.41) is 3.93. The monoisotopic (exact) mass is 387 g/mol. The summed E-state index contributed by atoms with van der Waals surface area (Å²) in [6.45, 7) is 4.07. The molecule has 2 aromatic rings. The van der Waals surface area contributed by atoms with Crippen molar-refractivity contribution in [3.63, 3.8) is 0 Å². The first kappa shape index (κ1) is 18.5. The zero-order valence-electron chi connectivity index (χ0n) is 15.4. The number of hydrogen-bond acceptors (Lipinski definition) is 3. The van der Waals surface area contributed by atoms with E-state index in [4.69, 9.17) is 0 Å². The van der Waals surface area contributed by atoms with Crippen LogP contribution in [0.2, 0.25) is 0 Å². The van der Waals surface area contributed by atoms with E-state index in [1.807, 2.05) is 30.5 Å². The van der Waals surface area contributed by atoms with Gasteiger partial charge in [0.05, 0.1) is 5.56 Å². The van der Waals surface area contributed by atoms with Gasteiger partial charge in [-0.15, -0.1) is 12.4 Å². The smallest absolute Gasteiger partial charge is 0.292 e. The maximum Gasteiger partial charge on any atom is 0.292 e. The number of piperidine rings is 3. The summed E-state index contributed by atoms with van der Waals surface area (Å²) in [6.07, 6.45) is 6.66. The highest BCUT2D eigenvalue weighted by molar-refractivity contribution is 6.45. The molecule has 3 aliphatic heterocycles. The van der Waals surface area contributed by atoms with E-state index < -0.39 is 11.7 Å². The molecular weight excluding hydrogens is 362 g/mol. The standard InChI is InChI=1S/C21H25N3O2.ClH/c25-20(21(26)22-18-13-23-9-7-15(18)8-10-23)17-12-24(11-14-5-6-14)19-4-2-1-3-16(17)19;/h1-4,12,14-15,18H,5-11,13H2,(H,22,26);1H/t18-;/m1./s1. The van der Waals surface area contributed by atoms with E-state index in [1.54, 1.807) is 0 Å². The molecule has 1 aromatic carbocycles. The van der Waals surface area contributed by atoms with Gasteiger partial charge in [-0.2, -0.15) is 0 Å². The molecule has 1 N–H and O–H groups in total. The number of fused-ring (bicyclic) bond motifs is 4. The Morgan fingerprint density at radius 1 is 1.07 bits per heavy atom. The highest BCUT2D eigenvalue weighted by atomic mass is 35.5. The van der Waals surface area contributed by atoms with Crippen molar-refractivity contribution >= 4 is 35.0 Å². The van der Waals surface area contributed by atoms with Crippen LogP contribution in [-0.4, -0.2) is 46.8 Å². The summed E-state index contributed by atoms with van der Waals surface area (Å²) < 4.78 is 2.15. The number of amides is 1. The van der Waals surface area contributed by atoms with Gasteiger partial charge in [-0.25, -0.2) is 0 Å². The Labute approximate surface area is 165 Å². The Balaban J connectivity index is 0.00000180. The third-order valence-corrected chi connectivity index (χ3v) is 6.36. The summed E-state index contributed by atoms with van der Waals surface area (Å²) in [7, 11) is 0. The minimum absolute atomic E-state index is 0. The molecule has 4 aliphatic rings. The number of aromatic nitrogens is 1.